The Labute approximate surface area is 160 Å². The number of carbonyl (C=O) groups is 2. The second-order valence-corrected chi connectivity index (χ2v) is 5.57. The molecule has 2 amide bonds. The Balaban J connectivity index is 1.72. The Bertz CT molecular complexity index is 1010. The number of phenolic OH excluding ortho intramolecular Hbond substituents is 1. The molecule has 2 aromatic carbocycles. The molecule has 0 bridgehead atoms. The van der Waals surface area contributed by atoms with Gasteiger partial charge in [-0.1, -0.05) is 18.2 Å². The van der Waals surface area contributed by atoms with Gasteiger partial charge in [-0.15, -0.1) is 0 Å². The molecular weight excluding hydrogens is 362 g/mol. The Morgan fingerprint density at radius 2 is 1.89 bits per heavy atom. The molecule has 0 saturated heterocycles. The molecule has 3 rings (SSSR count). The van der Waals surface area contributed by atoms with Gasteiger partial charge in [0.1, 0.15) is 0 Å². The molecule has 0 unspecified atom stereocenters. The van der Waals surface area contributed by atoms with Crippen LogP contribution in [0.3, 0.4) is 0 Å². The number of anilines is 1. The van der Waals surface area contributed by atoms with E-state index in [1.165, 1.54) is 25.7 Å². The van der Waals surface area contributed by atoms with E-state index in [0.717, 1.165) is 0 Å². The summed E-state index contributed by atoms with van der Waals surface area (Å²) in [5, 5.41) is 16.5. The number of hydrazone groups is 1. The van der Waals surface area contributed by atoms with Crippen molar-refractivity contribution in [3.8, 4) is 11.5 Å². The Morgan fingerprint density at radius 3 is 2.64 bits per heavy atom. The lowest BCUT2D eigenvalue weighted by Crippen LogP contribution is -2.21. The van der Waals surface area contributed by atoms with E-state index >= 15 is 0 Å². The van der Waals surface area contributed by atoms with Crippen LogP contribution in [0.1, 0.15) is 26.5 Å². The van der Waals surface area contributed by atoms with Crippen LogP contribution in [0.25, 0.3) is 0 Å². The third-order valence-corrected chi connectivity index (χ3v) is 3.78. The molecular formula is C20H17N3O5. The van der Waals surface area contributed by atoms with Crippen molar-refractivity contribution in [2.75, 3.05) is 12.4 Å². The first-order valence-electron chi connectivity index (χ1n) is 8.23. The number of furan rings is 1. The number of carbonyl (C=O) groups excluding carboxylic acids is 2. The average molecular weight is 379 g/mol. The SMILES string of the molecule is COc1cccc(/C=N\NC(=O)c2ccccc2NC(=O)c2ccco2)c1O. The Kier molecular flexibility index (Phi) is 5.71. The number of aromatic hydroxyl groups is 1. The number of nitrogens with zero attached hydrogens (tertiary/aromatic N) is 1. The fraction of sp³-hybridized carbons (Fsp3) is 0.0500. The van der Waals surface area contributed by atoms with Crippen LogP contribution in [-0.4, -0.2) is 30.2 Å². The summed E-state index contributed by atoms with van der Waals surface area (Å²) < 4.78 is 10.1. The maximum atomic E-state index is 12.4. The lowest BCUT2D eigenvalue weighted by molar-refractivity contribution is 0.0956. The average Bonchev–Trinajstić information content (AvgIpc) is 3.24. The summed E-state index contributed by atoms with van der Waals surface area (Å²) in [5.41, 5.74) is 3.26. The highest BCUT2D eigenvalue weighted by atomic mass is 16.5. The molecule has 8 nitrogen and oxygen atoms in total. The van der Waals surface area contributed by atoms with Gasteiger partial charge in [0.15, 0.2) is 17.3 Å². The normalized spacial score (nSPS) is 10.6. The van der Waals surface area contributed by atoms with Crippen molar-refractivity contribution >= 4 is 23.7 Å². The number of nitrogens with one attached hydrogen (secondary N) is 2. The third kappa shape index (κ3) is 4.18. The predicted molar refractivity (Wildman–Crippen MR) is 103 cm³/mol. The number of methoxy groups -OCH3 is 1. The summed E-state index contributed by atoms with van der Waals surface area (Å²) in [4.78, 5) is 24.6. The number of hydrogen-bond donors (Lipinski definition) is 3. The zero-order chi connectivity index (χ0) is 19.9. The van der Waals surface area contributed by atoms with Gasteiger partial charge in [-0.2, -0.15) is 5.10 Å². The second-order valence-electron chi connectivity index (χ2n) is 5.57. The summed E-state index contributed by atoms with van der Waals surface area (Å²) >= 11 is 0. The number of ether oxygens (including phenoxy) is 1. The first-order valence-corrected chi connectivity index (χ1v) is 8.23. The van der Waals surface area contributed by atoms with E-state index < -0.39 is 11.8 Å². The Hall–Kier alpha value is -4.07. The Morgan fingerprint density at radius 1 is 1.07 bits per heavy atom. The van der Waals surface area contributed by atoms with Crippen molar-refractivity contribution in [1.29, 1.82) is 0 Å². The van der Waals surface area contributed by atoms with Crippen molar-refractivity contribution in [3.05, 3.63) is 77.7 Å². The fourth-order valence-electron chi connectivity index (χ4n) is 2.41. The maximum Gasteiger partial charge on any atom is 0.291 e. The van der Waals surface area contributed by atoms with E-state index in [1.807, 2.05) is 0 Å². The number of phenols is 1. The van der Waals surface area contributed by atoms with E-state index in [0.29, 0.717) is 17.0 Å². The highest BCUT2D eigenvalue weighted by Crippen LogP contribution is 2.27. The third-order valence-electron chi connectivity index (χ3n) is 3.78. The van der Waals surface area contributed by atoms with Crippen LogP contribution >= 0.6 is 0 Å². The minimum Gasteiger partial charge on any atom is -0.504 e. The van der Waals surface area contributed by atoms with Crippen LogP contribution in [0.4, 0.5) is 5.69 Å². The van der Waals surface area contributed by atoms with Crippen molar-refractivity contribution in [1.82, 2.24) is 5.43 Å². The van der Waals surface area contributed by atoms with Crippen LogP contribution in [0.2, 0.25) is 0 Å². The monoisotopic (exact) mass is 379 g/mol. The second kappa shape index (κ2) is 8.54. The standard InChI is InChI=1S/C20H17N3O5/c1-27-16-9-4-6-13(18(16)24)12-21-23-19(25)14-7-2-3-8-15(14)22-20(26)17-10-5-11-28-17/h2-12,24H,1H3,(H,22,26)(H,23,25)/b21-12-. The lowest BCUT2D eigenvalue weighted by atomic mass is 10.1. The van der Waals surface area contributed by atoms with Gasteiger partial charge in [0.05, 0.1) is 30.8 Å². The van der Waals surface area contributed by atoms with E-state index in [2.05, 4.69) is 15.8 Å². The van der Waals surface area contributed by atoms with Crippen LogP contribution < -0.4 is 15.5 Å². The van der Waals surface area contributed by atoms with Gasteiger partial charge in [0.25, 0.3) is 11.8 Å². The van der Waals surface area contributed by atoms with Crippen molar-refractivity contribution in [2.24, 2.45) is 5.10 Å². The van der Waals surface area contributed by atoms with Crippen molar-refractivity contribution in [3.63, 3.8) is 0 Å². The summed E-state index contributed by atoms with van der Waals surface area (Å²) in [6.07, 6.45) is 2.68. The molecule has 142 valence electrons. The summed E-state index contributed by atoms with van der Waals surface area (Å²) in [7, 11) is 1.44. The van der Waals surface area contributed by atoms with Gasteiger partial charge in [0, 0.05) is 5.56 Å². The summed E-state index contributed by atoms with van der Waals surface area (Å²) in [5.74, 6) is -0.680. The molecule has 0 aliphatic heterocycles. The smallest absolute Gasteiger partial charge is 0.291 e. The van der Waals surface area contributed by atoms with Crippen LogP contribution in [0, 0.1) is 0 Å². The summed E-state index contributed by atoms with van der Waals surface area (Å²) in [6, 6.07) is 14.5. The zero-order valence-corrected chi connectivity index (χ0v) is 14.9. The van der Waals surface area contributed by atoms with Gasteiger partial charge < -0.3 is 19.6 Å². The molecule has 3 N–H and O–H groups in total. The largest absolute Gasteiger partial charge is 0.504 e. The molecule has 0 fully saturated rings. The van der Waals surface area contributed by atoms with Crippen LogP contribution in [0.5, 0.6) is 11.5 Å². The number of hydrogen-bond acceptors (Lipinski definition) is 6. The first kappa shape index (κ1) is 18.7. The first-order chi connectivity index (χ1) is 13.6. The van der Waals surface area contributed by atoms with Crippen molar-refractivity contribution in [2.45, 2.75) is 0 Å². The molecule has 1 heterocycles. The lowest BCUT2D eigenvalue weighted by Gasteiger charge is -2.09. The van der Waals surface area contributed by atoms with Crippen molar-refractivity contribution < 1.29 is 23.8 Å². The molecule has 28 heavy (non-hydrogen) atoms. The fourth-order valence-corrected chi connectivity index (χ4v) is 2.41. The molecule has 0 atom stereocenters. The molecule has 8 heteroatoms. The topological polar surface area (TPSA) is 113 Å². The molecule has 0 saturated carbocycles. The minimum absolute atomic E-state index is 0.0888. The molecule has 0 aliphatic rings. The molecule has 3 aromatic rings. The number of para-hydroxylation sites is 2. The zero-order valence-electron chi connectivity index (χ0n) is 14.9. The van der Waals surface area contributed by atoms with Gasteiger partial charge in [0.2, 0.25) is 0 Å². The number of rotatable bonds is 6. The van der Waals surface area contributed by atoms with E-state index in [4.69, 9.17) is 9.15 Å². The quantitative estimate of drug-likeness (QED) is 0.450. The predicted octanol–water partition coefficient (Wildman–Crippen LogP) is 3.01. The number of amides is 2. The maximum absolute atomic E-state index is 12.4. The van der Waals surface area contributed by atoms with Gasteiger partial charge in [-0.3, -0.25) is 9.59 Å². The van der Waals surface area contributed by atoms with Gasteiger partial charge in [-0.05, 0) is 36.4 Å². The molecule has 0 radical (unpaired) electrons. The van der Waals surface area contributed by atoms with E-state index in [1.54, 1.807) is 48.5 Å². The minimum atomic E-state index is -0.533. The van der Waals surface area contributed by atoms with Gasteiger partial charge in [-0.25, -0.2) is 5.43 Å². The summed E-state index contributed by atoms with van der Waals surface area (Å²) in [6.45, 7) is 0. The highest BCUT2D eigenvalue weighted by Gasteiger charge is 2.15. The van der Waals surface area contributed by atoms with E-state index in [9.17, 15) is 14.7 Å². The van der Waals surface area contributed by atoms with Gasteiger partial charge >= 0.3 is 0 Å². The highest BCUT2D eigenvalue weighted by molar-refractivity contribution is 6.08. The molecule has 1 aromatic heterocycles. The van der Waals surface area contributed by atoms with Crippen LogP contribution in [-0.2, 0) is 0 Å². The van der Waals surface area contributed by atoms with Crippen LogP contribution in [0.15, 0.2) is 70.4 Å². The molecule has 0 spiro atoms. The molecule has 0 aliphatic carbocycles. The van der Waals surface area contributed by atoms with E-state index in [-0.39, 0.29) is 17.1 Å². The number of benzene rings is 2.